The van der Waals surface area contributed by atoms with Crippen LogP contribution in [0.1, 0.15) is 5.56 Å². The zero-order valence-corrected chi connectivity index (χ0v) is 14.7. The van der Waals surface area contributed by atoms with Crippen LogP contribution in [-0.2, 0) is 11.2 Å². The highest BCUT2D eigenvalue weighted by Gasteiger charge is 2.05. The van der Waals surface area contributed by atoms with Crippen molar-refractivity contribution in [3.63, 3.8) is 0 Å². The Kier molecular flexibility index (Phi) is 5.53. The molecule has 3 aromatic rings. The summed E-state index contributed by atoms with van der Waals surface area (Å²) in [4.78, 5) is 16.3. The van der Waals surface area contributed by atoms with E-state index in [0.29, 0.717) is 15.9 Å². The third-order valence-corrected chi connectivity index (χ3v) is 3.91. The summed E-state index contributed by atoms with van der Waals surface area (Å²) in [5, 5.41) is 7.27. The van der Waals surface area contributed by atoms with Gasteiger partial charge in [0.1, 0.15) is 5.82 Å². The summed E-state index contributed by atoms with van der Waals surface area (Å²) in [7, 11) is 0. The zero-order chi connectivity index (χ0) is 17.6. The molecule has 4 nitrogen and oxygen atoms in total. The van der Waals surface area contributed by atoms with E-state index >= 15 is 0 Å². The van der Waals surface area contributed by atoms with Crippen LogP contribution in [0.5, 0.6) is 0 Å². The highest BCUT2D eigenvalue weighted by Crippen LogP contribution is 2.20. The van der Waals surface area contributed by atoms with Gasteiger partial charge < -0.3 is 10.6 Å². The number of hydrogen-bond acceptors (Lipinski definition) is 3. The molecule has 2 N–H and O–H groups in total. The van der Waals surface area contributed by atoms with E-state index in [4.69, 9.17) is 23.2 Å². The summed E-state index contributed by atoms with van der Waals surface area (Å²) in [6.45, 7) is 0. The standard InChI is InChI=1S/C19H15Cl2N3O/c20-14-6-4-13(5-7-14)10-19(25)24-18-9-8-17(12-22-18)23-16-3-1-2-15(21)11-16/h1-9,11-12,23H,10H2,(H,22,24,25). The van der Waals surface area contributed by atoms with Crippen LogP contribution in [0.25, 0.3) is 0 Å². The molecule has 3 rings (SSSR count). The van der Waals surface area contributed by atoms with Gasteiger partial charge in [0.25, 0.3) is 0 Å². The number of amides is 1. The third-order valence-electron chi connectivity index (χ3n) is 3.42. The number of carbonyl (C=O) groups excluding carboxylic acids is 1. The number of anilines is 3. The minimum atomic E-state index is -0.134. The van der Waals surface area contributed by atoms with Crippen LogP contribution >= 0.6 is 23.2 Å². The van der Waals surface area contributed by atoms with Gasteiger partial charge in [-0.15, -0.1) is 0 Å². The number of carbonyl (C=O) groups is 1. The minimum absolute atomic E-state index is 0.134. The lowest BCUT2D eigenvalue weighted by Gasteiger charge is -2.08. The molecule has 0 fully saturated rings. The molecule has 0 aliphatic carbocycles. The number of nitrogens with zero attached hydrogens (tertiary/aromatic N) is 1. The third kappa shape index (κ3) is 5.21. The van der Waals surface area contributed by atoms with Gasteiger partial charge in [-0.05, 0) is 48.0 Å². The first kappa shape index (κ1) is 17.3. The first-order valence-electron chi connectivity index (χ1n) is 7.61. The van der Waals surface area contributed by atoms with E-state index in [9.17, 15) is 4.79 Å². The molecular weight excluding hydrogens is 357 g/mol. The smallest absolute Gasteiger partial charge is 0.229 e. The second-order valence-electron chi connectivity index (χ2n) is 5.42. The van der Waals surface area contributed by atoms with Crippen LogP contribution in [0.3, 0.4) is 0 Å². The molecule has 1 aromatic heterocycles. The van der Waals surface area contributed by atoms with Crippen molar-refractivity contribution in [2.45, 2.75) is 6.42 Å². The minimum Gasteiger partial charge on any atom is -0.354 e. The van der Waals surface area contributed by atoms with Crippen molar-refractivity contribution in [3.05, 3.63) is 82.5 Å². The number of pyridine rings is 1. The van der Waals surface area contributed by atoms with Crippen LogP contribution in [0.15, 0.2) is 66.9 Å². The van der Waals surface area contributed by atoms with E-state index in [1.54, 1.807) is 24.4 Å². The largest absolute Gasteiger partial charge is 0.354 e. The quantitative estimate of drug-likeness (QED) is 0.638. The Labute approximate surface area is 155 Å². The maximum absolute atomic E-state index is 12.1. The lowest BCUT2D eigenvalue weighted by atomic mass is 10.1. The predicted molar refractivity (Wildman–Crippen MR) is 103 cm³/mol. The Morgan fingerprint density at radius 1 is 0.920 bits per heavy atom. The van der Waals surface area contributed by atoms with Crippen LogP contribution in [0.2, 0.25) is 10.0 Å². The fourth-order valence-corrected chi connectivity index (χ4v) is 2.57. The molecule has 1 amide bonds. The molecule has 0 unspecified atom stereocenters. The Hall–Kier alpha value is -2.56. The molecule has 0 aliphatic heterocycles. The molecule has 0 atom stereocenters. The summed E-state index contributed by atoms with van der Waals surface area (Å²) in [6, 6.07) is 18.2. The van der Waals surface area contributed by atoms with Crippen LogP contribution < -0.4 is 10.6 Å². The molecule has 6 heteroatoms. The summed E-state index contributed by atoms with van der Waals surface area (Å²) in [5.41, 5.74) is 2.56. The lowest BCUT2D eigenvalue weighted by molar-refractivity contribution is -0.115. The maximum Gasteiger partial charge on any atom is 0.229 e. The summed E-state index contributed by atoms with van der Waals surface area (Å²) in [5.74, 6) is 0.362. The molecule has 0 bridgehead atoms. The Balaban J connectivity index is 1.58. The van der Waals surface area contributed by atoms with E-state index in [1.165, 1.54) is 0 Å². The number of halogens is 2. The molecule has 0 radical (unpaired) electrons. The molecule has 2 aromatic carbocycles. The number of nitrogens with one attached hydrogen (secondary N) is 2. The van der Waals surface area contributed by atoms with Crippen LogP contribution in [0.4, 0.5) is 17.2 Å². The van der Waals surface area contributed by atoms with Gasteiger partial charge in [-0.2, -0.15) is 0 Å². The highest BCUT2D eigenvalue weighted by atomic mass is 35.5. The molecule has 1 heterocycles. The van der Waals surface area contributed by atoms with Gasteiger partial charge >= 0.3 is 0 Å². The van der Waals surface area contributed by atoms with Crippen LogP contribution in [0, 0.1) is 0 Å². The fourth-order valence-electron chi connectivity index (χ4n) is 2.25. The lowest BCUT2D eigenvalue weighted by Crippen LogP contribution is -2.15. The van der Waals surface area contributed by atoms with Crippen molar-refractivity contribution in [2.75, 3.05) is 10.6 Å². The summed E-state index contributed by atoms with van der Waals surface area (Å²) < 4.78 is 0. The fraction of sp³-hybridized carbons (Fsp3) is 0.0526. The van der Waals surface area contributed by atoms with E-state index in [-0.39, 0.29) is 12.3 Å². The van der Waals surface area contributed by atoms with Crippen molar-refractivity contribution in [3.8, 4) is 0 Å². The maximum atomic E-state index is 12.1. The molecule has 0 aliphatic rings. The second kappa shape index (κ2) is 8.01. The molecule has 0 saturated carbocycles. The molecular formula is C19H15Cl2N3O. The van der Waals surface area contributed by atoms with E-state index in [2.05, 4.69) is 15.6 Å². The first-order chi connectivity index (χ1) is 12.1. The number of aromatic nitrogens is 1. The normalized spacial score (nSPS) is 10.3. The van der Waals surface area contributed by atoms with Crippen molar-refractivity contribution in [2.24, 2.45) is 0 Å². The van der Waals surface area contributed by atoms with Crippen LogP contribution in [-0.4, -0.2) is 10.9 Å². The molecule has 0 saturated heterocycles. The first-order valence-corrected chi connectivity index (χ1v) is 8.37. The Morgan fingerprint density at radius 3 is 2.40 bits per heavy atom. The van der Waals surface area contributed by atoms with E-state index in [1.807, 2.05) is 42.5 Å². The van der Waals surface area contributed by atoms with Gasteiger partial charge in [-0.3, -0.25) is 4.79 Å². The number of hydrogen-bond donors (Lipinski definition) is 2. The zero-order valence-electron chi connectivity index (χ0n) is 13.2. The Morgan fingerprint density at radius 2 is 1.72 bits per heavy atom. The van der Waals surface area contributed by atoms with E-state index < -0.39 is 0 Å². The monoisotopic (exact) mass is 371 g/mol. The number of rotatable bonds is 5. The topological polar surface area (TPSA) is 54.0 Å². The van der Waals surface area contributed by atoms with Gasteiger partial charge in [0.05, 0.1) is 18.3 Å². The number of benzene rings is 2. The SMILES string of the molecule is O=C(Cc1ccc(Cl)cc1)Nc1ccc(Nc2cccc(Cl)c2)cn1. The highest BCUT2D eigenvalue weighted by molar-refractivity contribution is 6.31. The predicted octanol–water partition coefficient (Wildman–Crippen LogP) is 5.31. The van der Waals surface area contributed by atoms with Gasteiger partial charge in [-0.1, -0.05) is 41.4 Å². The van der Waals surface area contributed by atoms with Crippen molar-refractivity contribution >= 4 is 46.3 Å². The van der Waals surface area contributed by atoms with Gasteiger partial charge in [0.2, 0.25) is 5.91 Å². The van der Waals surface area contributed by atoms with Crippen molar-refractivity contribution < 1.29 is 4.79 Å². The molecule has 0 spiro atoms. The Bertz CT molecular complexity index is 865. The van der Waals surface area contributed by atoms with Crippen molar-refractivity contribution in [1.29, 1.82) is 0 Å². The molecule has 25 heavy (non-hydrogen) atoms. The average molecular weight is 372 g/mol. The average Bonchev–Trinajstić information content (AvgIpc) is 2.59. The van der Waals surface area contributed by atoms with Gasteiger partial charge in [0, 0.05) is 15.7 Å². The summed E-state index contributed by atoms with van der Waals surface area (Å²) >= 11 is 11.8. The van der Waals surface area contributed by atoms with E-state index in [0.717, 1.165) is 16.9 Å². The van der Waals surface area contributed by atoms with Gasteiger partial charge in [0.15, 0.2) is 0 Å². The van der Waals surface area contributed by atoms with Crippen molar-refractivity contribution in [1.82, 2.24) is 4.98 Å². The summed E-state index contributed by atoms with van der Waals surface area (Å²) in [6.07, 6.45) is 1.92. The second-order valence-corrected chi connectivity index (χ2v) is 6.29. The molecule has 126 valence electrons. The van der Waals surface area contributed by atoms with Gasteiger partial charge in [-0.25, -0.2) is 4.98 Å².